The number of benzene rings is 3. The zero-order valence-corrected chi connectivity index (χ0v) is 21.5. The number of nitrogens with zero attached hydrogens (tertiary/aromatic N) is 4. The Kier molecular flexibility index (Phi) is 10.0. The number of hydrogen-bond donors (Lipinski definition) is 2. The minimum atomic E-state index is 0.101. The first kappa shape index (κ1) is 26.3. The van der Waals surface area contributed by atoms with E-state index in [2.05, 4.69) is 31.3 Å². The first-order chi connectivity index (χ1) is 16.3. The molecule has 0 aromatic heterocycles. The molecule has 0 atom stereocenters. The summed E-state index contributed by atoms with van der Waals surface area (Å²) in [6.45, 7) is 0. The van der Waals surface area contributed by atoms with Gasteiger partial charge in [-0.3, -0.25) is 0 Å². The second-order valence-electron chi connectivity index (χ2n) is 6.43. The van der Waals surface area contributed by atoms with Gasteiger partial charge in [0.25, 0.3) is 5.96 Å². The van der Waals surface area contributed by atoms with Crippen molar-refractivity contribution in [1.29, 1.82) is 0 Å². The Morgan fingerprint density at radius 1 is 0.559 bits per heavy atom. The molecule has 0 fully saturated rings. The molecule has 0 saturated carbocycles. The van der Waals surface area contributed by atoms with Gasteiger partial charge in [-0.1, -0.05) is 87.8 Å². The Bertz CT molecular complexity index is 1220. The third-order valence-corrected chi connectivity index (χ3v) is 5.68. The van der Waals surface area contributed by atoms with Crippen molar-refractivity contribution in [3.8, 4) is 0 Å². The van der Waals surface area contributed by atoms with E-state index in [1.165, 1.54) is 18.6 Å². The SMILES string of the molecule is Clc1ccc(/C=N\N=C(N/N=C\c2ccc(Cl)cc2Cl)N/N=C\c2ccc(Cl)cc2Cl)c(Cl)c1. The summed E-state index contributed by atoms with van der Waals surface area (Å²) in [5.74, 6) is 0.101. The zero-order chi connectivity index (χ0) is 24.5. The molecule has 0 bridgehead atoms. The van der Waals surface area contributed by atoms with Crippen LogP contribution in [0, 0.1) is 0 Å². The van der Waals surface area contributed by atoms with Gasteiger partial charge in [-0.05, 0) is 36.4 Å². The molecule has 0 unspecified atom stereocenters. The average molecular weight is 575 g/mol. The van der Waals surface area contributed by atoms with Crippen molar-refractivity contribution in [3.05, 3.63) is 101 Å². The van der Waals surface area contributed by atoms with Crippen LogP contribution in [0.25, 0.3) is 0 Å². The molecule has 34 heavy (non-hydrogen) atoms. The Morgan fingerprint density at radius 2 is 0.941 bits per heavy atom. The van der Waals surface area contributed by atoms with Gasteiger partial charge >= 0.3 is 0 Å². The summed E-state index contributed by atoms with van der Waals surface area (Å²) in [4.78, 5) is 0. The Balaban J connectivity index is 1.77. The standard InChI is InChI=1S/C22H14Cl6N6/c23-16-4-1-13(19(26)7-16)10-29-32-22(33-30-11-14-2-5-17(24)8-20(14)27)34-31-12-15-3-6-18(25)9-21(15)28/h1-12H,(H2,32,33,34)/b29-10-,30-11-,31-12-. The summed E-state index contributed by atoms with van der Waals surface area (Å²) in [5, 5.41) is 19.2. The molecule has 0 saturated heterocycles. The zero-order valence-electron chi connectivity index (χ0n) is 17.0. The van der Waals surface area contributed by atoms with Crippen molar-refractivity contribution in [1.82, 2.24) is 10.9 Å². The van der Waals surface area contributed by atoms with E-state index < -0.39 is 0 Å². The predicted molar refractivity (Wildman–Crippen MR) is 146 cm³/mol. The van der Waals surface area contributed by atoms with Gasteiger partial charge < -0.3 is 0 Å². The van der Waals surface area contributed by atoms with Gasteiger partial charge in [0.05, 0.1) is 33.7 Å². The first-order valence-electron chi connectivity index (χ1n) is 9.36. The van der Waals surface area contributed by atoms with E-state index in [0.29, 0.717) is 46.8 Å². The molecule has 0 aliphatic rings. The van der Waals surface area contributed by atoms with Crippen molar-refractivity contribution < 1.29 is 0 Å². The third-order valence-electron chi connectivity index (χ3n) is 3.99. The van der Waals surface area contributed by atoms with Crippen LogP contribution in [0.1, 0.15) is 16.7 Å². The normalized spacial score (nSPS) is 11.5. The van der Waals surface area contributed by atoms with Crippen molar-refractivity contribution in [2.75, 3.05) is 0 Å². The molecule has 0 amide bonds. The van der Waals surface area contributed by atoms with Crippen LogP contribution in [0.3, 0.4) is 0 Å². The van der Waals surface area contributed by atoms with E-state index in [9.17, 15) is 0 Å². The summed E-state index contributed by atoms with van der Waals surface area (Å²) < 4.78 is 0. The Hall–Kier alpha value is -2.32. The highest BCUT2D eigenvalue weighted by atomic mass is 35.5. The molecule has 0 aliphatic heterocycles. The number of guanidine groups is 1. The number of hydrazone groups is 2. The fourth-order valence-corrected chi connectivity index (χ4v) is 3.73. The molecular weight excluding hydrogens is 561 g/mol. The number of hydrogen-bond acceptors (Lipinski definition) is 4. The van der Waals surface area contributed by atoms with Crippen molar-refractivity contribution in [3.63, 3.8) is 0 Å². The van der Waals surface area contributed by atoms with Crippen molar-refractivity contribution in [2.45, 2.75) is 0 Å². The van der Waals surface area contributed by atoms with E-state index in [-0.39, 0.29) is 5.96 Å². The predicted octanol–water partition coefficient (Wildman–Crippen LogP) is 7.54. The monoisotopic (exact) mass is 572 g/mol. The van der Waals surface area contributed by atoms with Crippen LogP contribution in [-0.2, 0) is 0 Å². The lowest BCUT2D eigenvalue weighted by Crippen LogP contribution is -2.30. The summed E-state index contributed by atoms with van der Waals surface area (Å²) in [6, 6.07) is 15.1. The highest BCUT2D eigenvalue weighted by Gasteiger charge is 2.02. The van der Waals surface area contributed by atoms with Gasteiger partial charge in [-0.15, -0.1) is 5.10 Å². The van der Waals surface area contributed by atoms with Gasteiger partial charge in [0, 0.05) is 31.8 Å². The number of rotatable bonds is 6. The molecule has 0 spiro atoms. The van der Waals surface area contributed by atoms with Crippen molar-refractivity contribution in [2.24, 2.45) is 20.4 Å². The molecule has 2 N–H and O–H groups in total. The van der Waals surface area contributed by atoms with Crippen LogP contribution < -0.4 is 10.9 Å². The second kappa shape index (κ2) is 13.0. The minimum absolute atomic E-state index is 0.101. The Labute approximate surface area is 225 Å². The minimum Gasteiger partial charge on any atom is -0.244 e. The topological polar surface area (TPSA) is 73.5 Å². The number of halogens is 6. The molecule has 12 heteroatoms. The lowest BCUT2D eigenvalue weighted by molar-refractivity contribution is 0.890. The van der Waals surface area contributed by atoms with Crippen LogP contribution in [0.4, 0.5) is 0 Å². The van der Waals surface area contributed by atoms with Crippen molar-refractivity contribution >= 4 is 94.2 Å². The van der Waals surface area contributed by atoms with E-state index in [1.54, 1.807) is 54.6 Å². The van der Waals surface area contributed by atoms with E-state index in [1.807, 2.05) is 0 Å². The third kappa shape index (κ3) is 8.17. The largest absolute Gasteiger partial charge is 0.257 e. The van der Waals surface area contributed by atoms with Gasteiger partial charge in [0.1, 0.15) is 0 Å². The van der Waals surface area contributed by atoms with Gasteiger partial charge in [0.15, 0.2) is 0 Å². The maximum atomic E-state index is 6.16. The van der Waals surface area contributed by atoms with Crippen LogP contribution in [-0.4, -0.2) is 24.6 Å². The summed E-state index contributed by atoms with van der Waals surface area (Å²) >= 11 is 36.2. The smallest absolute Gasteiger partial charge is 0.244 e. The molecule has 3 aromatic carbocycles. The maximum Gasteiger partial charge on any atom is 0.257 e. The van der Waals surface area contributed by atoms with Crippen LogP contribution in [0.5, 0.6) is 0 Å². The summed E-state index contributed by atoms with van der Waals surface area (Å²) in [7, 11) is 0. The molecule has 0 heterocycles. The number of nitrogens with one attached hydrogen (secondary N) is 2. The quantitative estimate of drug-likeness (QED) is 0.181. The lowest BCUT2D eigenvalue weighted by atomic mass is 10.2. The van der Waals surface area contributed by atoms with Gasteiger partial charge in [-0.2, -0.15) is 15.3 Å². The fourth-order valence-electron chi connectivity index (χ4n) is 2.36. The molecule has 0 aliphatic carbocycles. The molecule has 3 aromatic rings. The van der Waals surface area contributed by atoms with E-state index in [0.717, 1.165) is 0 Å². The average Bonchev–Trinajstić information content (AvgIpc) is 2.77. The highest BCUT2D eigenvalue weighted by Crippen LogP contribution is 2.21. The maximum absolute atomic E-state index is 6.16. The molecule has 6 nitrogen and oxygen atoms in total. The van der Waals surface area contributed by atoms with E-state index in [4.69, 9.17) is 69.6 Å². The first-order valence-corrected chi connectivity index (χ1v) is 11.6. The molecule has 174 valence electrons. The van der Waals surface area contributed by atoms with Gasteiger partial charge in [0.2, 0.25) is 0 Å². The fraction of sp³-hybridized carbons (Fsp3) is 0. The molecule has 3 rings (SSSR count). The summed E-state index contributed by atoms with van der Waals surface area (Å²) in [6.07, 6.45) is 4.45. The highest BCUT2D eigenvalue weighted by molar-refractivity contribution is 6.37. The molecule has 0 radical (unpaired) electrons. The Morgan fingerprint density at radius 3 is 1.32 bits per heavy atom. The van der Waals surface area contributed by atoms with Crippen LogP contribution in [0.15, 0.2) is 75.0 Å². The van der Waals surface area contributed by atoms with Gasteiger partial charge in [-0.25, -0.2) is 10.9 Å². The lowest BCUT2D eigenvalue weighted by Gasteiger charge is -2.04. The van der Waals surface area contributed by atoms with E-state index >= 15 is 0 Å². The van der Waals surface area contributed by atoms with Crippen LogP contribution in [0.2, 0.25) is 30.1 Å². The summed E-state index contributed by atoms with van der Waals surface area (Å²) in [5.41, 5.74) is 7.34. The second-order valence-corrected chi connectivity index (χ2v) is 8.96. The molecular formula is C22H14Cl6N6. The van der Waals surface area contributed by atoms with Crippen LogP contribution >= 0.6 is 69.6 Å².